The van der Waals surface area contributed by atoms with E-state index in [-0.39, 0.29) is 24.2 Å². The van der Waals surface area contributed by atoms with Crippen LogP contribution in [0.15, 0.2) is 84.9 Å². The second-order valence-electron chi connectivity index (χ2n) is 6.52. The third-order valence-corrected chi connectivity index (χ3v) is 4.15. The fourth-order valence-corrected chi connectivity index (χ4v) is 2.59. The minimum absolute atomic E-state index is 0.262. The number of esters is 2. The van der Waals surface area contributed by atoms with Crippen LogP contribution in [0.3, 0.4) is 0 Å². The molecule has 0 heterocycles. The Morgan fingerprint density at radius 3 is 1.22 bits per heavy atom. The molecule has 0 aliphatic rings. The summed E-state index contributed by atoms with van der Waals surface area (Å²) in [6.07, 6.45) is 0. The summed E-state index contributed by atoms with van der Waals surface area (Å²) in [5.74, 6) is -1.43. The predicted molar refractivity (Wildman–Crippen MR) is 115 cm³/mol. The van der Waals surface area contributed by atoms with E-state index in [0.717, 1.165) is 0 Å². The molecule has 0 aliphatic heterocycles. The summed E-state index contributed by atoms with van der Waals surface area (Å²) in [5, 5.41) is 4.91. The summed E-state index contributed by atoms with van der Waals surface area (Å²) in [6, 6.07) is 22.8. The van der Waals surface area contributed by atoms with E-state index in [2.05, 4.69) is 10.6 Å². The van der Waals surface area contributed by atoms with Crippen LogP contribution in [0.25, 0.3) is 0 Å². The highest BCUT2D eigenvalue weighted by Crippen LogP contribution is 2.09. The lowest BCUT2D eigenvalue weighted by Gasteiger charge is -2.08. The molecule has 0 atom stereocenters. The minimum Gasteiger partial charge on any atom is -0.425 e. The van der Waals surface area contributed by atoms with Crippen LogP contribution in [-0.2, 0) is 9.59 Å². The topological polar surface area (TPSA) is 111 Å². The molecule has 3 aromatic rings. The van der Waals surface area contributed by atoms with E-state index in [1.54, 1.807) is 60.7 Å². The molecule has 0 aromatic heterocycles. The van der Waals surface area contributed by atoms with Gasteiger partial charge in [-0.1, -0.05) is 36.4 Å². The summed E-state index contributed by atoms with van der Waals surface area (Å²) in [5.41, 5.74) is 0.523. The van der Waals surface area contributed by atoms with E-state index in [0.29, 0.717) is 11.5 Å². The molecule has 0 spiro atoms. The van der Waals surface area contributed by atoms with Gasteiger partial charge in [0.15, 0.2) is 0 Å². The van der Waals surface area contributed by atoms with Crippen LogP contribution in [0.1, 0.15) is 20.7 Å². The summed E-state index contributed by atoms with van der Waals surface area (Å²) < 4.78 is 10.2. The van der Waals surface area contributed by atoms with Gasteiger partial charge in [-0.2, -0.15) is 0 Å². The second-order valence-corrected chi connectivity index (χ2v) is 6.52. The number of hydrogen-bond donors (Lipinski definition) is 2. The molecule has 32 heavy (non-hydrogen) atoms. The van der Waals surface area contributed by atoms with Crippen LogP contribution in [0.5, 0.6) is 11.5 Å². The molecule has 2 amide bonds. The van der Waals surface area contributed by atoms with Crippen molar-refractivity contribution in [3.63, 3.8) is 0 Å². The highest BCUT2D eigenvalue weighted by Gasteiger charge is 2.13. The fourth-order valence-electron chi connectivity index (χ4n) is 2.59. The molecule has 3 rings (SSSR count). The van der Waals surface area contributed by atoms with Crippen molar-refractivity contribution in [3.05, 3.63) is 96.1 Å². The van der Waals surface area contributed by atoms with Gasteiger partial charge in [-0.15, -0.1) is 0 Å². The Bertz CT molecular complexity index is 994. The first kappa shape index (κ1) is 22.2. The van der Waals surface area contributed by atoms with Crippen molar-refractivity contribution in [1.82, 2.24) is 10.6 Å². The molecule has 0 bridgehead atoms. The maximum absolute atomic E-state index is 12.2. The van der Waals surface area contributed by atoms with E-state index in [9.17, 15) is 19.2 Å². The van der Waals surface area contributed by atoms with Crippen LogP contribution in [-0.4, -0.2) is 36.8 Å². The second kappa shape index (κ2) is 11.1. The van der Waals surface area contributed by atoms with Gasteiger partial charge in [0, 0.05) is 11.1 Å². The average molecular weight is 432 g/mol. The molecule has 8 nitrogen and oxygen atoms in total. The van der Waals surface area contributed by atoms with Gasteiger partial charge < -0.3 is 20.1 Å². The molecule has 0 unspecified atom stereocenters. The Hall–Kier alpha value is -4.46. The lowest BCUT2D eigenvalue weighted by molar-refractivity contribution is -0.134. The lowest BCUT2D eigenvalue weighted by atomic mass is 10.1. The molecule has 0 fully saturated rings. The van der Waals surface area contributed by atoms with Crippen molar-refractivity contribution < 1.29 is 28.7 Å². The number of benzene rings is 3. The Morgan fingerprint density at radius 2 is 0.875 bits per heavy atom. The third kappa shape index (κ3) is 6.81. The predicted octanol–water partition coefficient (Wildman–Crippen LogP) is 2.36. The standard InChI is InChI=1S/C24H20N2O6/c27-21(31-19-7-3-1-4-8-19)15-25-23(29)17-11-13-18(14-12-17)24(30)26-16-22(28)32-20-9-5-2-6-10-20/h1-14H,15-16H2,(H,25,29)(H,26,30). The summed E-state index contributed by atoms with van der Waals surface area (Å²) >= 11 is 0. The number of carbonyl (C=O) groups is 4. The monoisotopic (exact) mass is 432 g/mol. The number of ether oxygens (including phenoxy) is 2. The van der Waals surface area contributed by atoms with Gasteiger partial charge in [0.2, 0.25) is 0 Å². The lowest BCUT2D eigenvalue weighted by Crippen LogP contribution is -2.32. The number of amides is 2. The van der Waals surface area contributed by atoms with Crippen molar-refractivity contribution in [3.8, 4) is 11.5 Å². The molecule has 3 aromatic carbocycles. The number of rotatable bonds is 8. The Morgan fingerprint density at radius 1 is 0.531 bits per heavy atom. The highest BCUT2D eigenvalue weighted by molar-refractivity contribution is 5.99. The van der Waals surface area contributed by atoms with Crippen LogP contribution >= 0.6 is 0 Å². The zero-order chi connectivity index (χ0) is 22.8. The Labute approximate surface area is 184 Å². The van der Waals surface area contributed by atoms with Crippen molar-refractivity contribution in [2.45, 2.75) is 0 Å². The summed E-state index contributed by atoms with van der Waals surface area (Å²) in [6.45, 7) is -0.612. The smallest absolute Gasteiger partial charge is 0.330 e. The number of nitrogens with one attached hydrogen (secondary N) is 2. The highest BCUT2D eigenvalue weighted by atomic mass is 16.5. The Balaban J connectivity index is 1.44. The molecule has 0 radical (unpaired) electrons. The van der Waals surface area contributed by atoms with Gasteiger partial charge >= 0.3 is 11.9 Å². The van der Waals surface area contributed by atoms with Crippen LogP contribution in [0.4, 0.5) is 0 Å². The SMILES string of the molecule is O=C(CNC(=O)c1ccc(C(=O)NCC(=O)Oc2ccccc2)cc1)Oc1ccccc1. The van der Waals surface area contributed by atoms with Gasteiger partial charge in [0.25, 0.3) is 11.8 Å². The van der Waals surface area contributed by atoms with Crippen molar-refractivity contribution in [2.75, 3.05) is 13.1 Å². The summed E-state index contributed by atoms with van der Waals surface area (Å²) in [4.78, 5) is 48.0. The molecule has 8 heteroatoms. The third-order valence-electron chi connectivity index (χ3n) is 4.15. The van der Waals surface area contributed by atoms with Crippen molar-refractivity contribution >= 4 is 23.8 Å². The van der Waals surface area contributed by atoms with Gasteiger partial charge in [0.1, 0.15) is 24.6 Å². The minimum atomic E-state index is -0.608. The number of hydrogen-bond acceptors (Lipinski definition) is 6. The molecular weight excluding hydrogens is 412 g/mol. The molecule has 2 N–H and O–H groups in total. The van der Waals surface area contributed by atoms with Gasteiger partial charge in [-0.3, -0.25) is 9.59 Å². The van der Waals surface area contributed by atoms with Gasteiger partial charge in [0.05, 0.1) is 0 Å². The van der Waals surface area contributed by atoms with Crippen LogP contribution < -0.4 is 20.1 Å². The van der Waals surface area contributed by atoms with Gasteiger partial charge in [-0.25, -0.2) is 9.59 Å². The number of carbonyl (C=O) groups excluding carboxylic acids is 4. The first-order chi connectivity index (χ1) is 15.5. The molecule has 0 saturated carbocycles. The zero-order valence-electron chi connectivity index (χ0n) is 16.9. The van der Waals surface area contributed by atoms with E-state index in [1.165, 1.54) is 24.3 Å². The van der Waals surface area contributed by atoms with Crippen LogP contribution in [0, 0.1) is 0 Å². The number of para-hydroxylation sites is 2. The molecule has 0 aliphatic carbocycles. The molecular formula is C24H20N2O6. The van der Waals surface area contributed by atoms with Crippen molar-refractivity contribution in [1.29, 1.82) is 0 Å². The maximum Gasteiger partial charge on any atom is 0.330 e. The van der Waals surface area contributed by atoms with E-state index < -0.39 is 23.8 Å². The first-order valence-corrected chi connectivity index (χ1v) is 9.69. The quantitative estimate of drug-likeness (QED) is 0.418. The largest absolute Gasteiger partial charge is 0.425 e. The van der Waals surface area contributed by atoms with Crippen LogP contribution in [0.2, 0.25) is 0 Å². The molecule has 162 valence electrons. The first-order valence-electron chi connectivity index (χ1n) is 9.69. The normalized spacial score (nSPS) is 10.0. The van der Waals surface area contributed by atoms with E-state index >= 15 is 0 Å². The maximum atomic E-state index is 12.2. The van der Waals surface area contributed by atoms with E-state index in [1.807, 2.05) is 0 Å². The summed E-state index contributed by atoms with van der Waals surface area (Å²) in [7, 11) is 0. The zero-order valence-corrected chi connectivity index (χ0v) is 16.9. The fraction of sp³-hybridized carbons (Fsp3) is 0.0833. The van der Waals surface area contributed by atoms with Crippen molar-refractivity contribution in [2.24, 2.45) is 0 Å². The average Bonchev–Trinajstić information content (AvgIpc) is 2.82. The van der Waals surface area contributed by atoms with E-state index in [4.69, 9.17) is 9.47 Å². The Kier molecular flexibility index (Phi) is 7.69. The van der Waals surface area contributed by atoms with Gasteiger partial charge in [-0.05, 0) is 48.5 Å². The molecule has 0 saturated heterocycles.